The van der Waals surface area contributed by atoms with Gasteiger partial charge in [-0.05, 0) is 70.2 Å². The summed E-state index contributed by atoms with van der Waals surface area (Å²) in [7, 11) is 0. The van der Waals surface area contributed by atoms with E-state index in [1.165, 1.54) is 77.7 Å². The molecule has 0 aromatic carbocycles. The van der Waals surface area contributed by atoms with Gasteiger partial charge in [0.05, 0.1) is 0 Å². The van der Waals surface area contributed by atoms with Gasteiger partial charge in [0, 0.05) is 0 Å². The summed E-state index contributed by atoms with van der Waals surface area (Å²) in [6.07, 6.45) is 9.65. The first kappa shape index (κ1) is 16.0. The van der Waals surface area contributed by atoms with Crippen molar-refractivity contribution in [2.45, 2.75) is 65.7 Å². The Kier molecular flexibility index (Phi) is 7.92. The van der Waals surface area contributed by atoms with E-state index in [2.05, 4.69) is 31.0 Å². The lowest BCUT2D eigenvalue weighted by molar-refractivity contribution is 0.225. The molecule has 1 saturated heterocycles. The molecule has 0 radical (unpaired) electrons. The fourth-order valence-corrected chi connectivity index (χ4v) is 2.64. The van der Waals surface area contributed by atoms with Crippen LogP contribution in [0.3, 0.4) is 0 Å². The zero-order valence-corrected chi connectivity index (χ0v) is 12.9. The van der Waals surface area contributed by atoms with E-state index in [0.29, 0.717) is 5.41 Å². The van der Waals surface area contributed by atoms with Gasteiger partial charge >= 0.3 is 0 Å². The highest BCUT2D eigenvalue weighted by atomic mass is 15.1. The molecule has 108 valence electrons. The van der Waals surface area contributed by atoms with Crippen LogP contribution in [0.5, 0.6) is 0 Å². The van der Waals surface area contributed by atoms with Crippen molar-refractivity contribution in [1.82, 2.24) is 10.2 Å². The van der Waals surface area contributed by atoms with Crippen LogP contribution in [0.2, 0.25) is 0 Å². The van der Waals surface area contributed by atoms with E-state index in [0.717, 1.165) is 0 Å². The summed E-state index contributed by atoms with van der Waals surface area (Å²) in [6.45, 7) is 13.4. The SMILES string of the molecule is CC(C)(C)CCCCNCCCN1CCCCC1. The highest BCUT2D eigenvalue weighted by Crippen LogP contribution is 2.21. The van der Waals surface area contributed by atoms with Gasteiger partial charge < -0.3 is 10.2 Å². The third kappa shape index (κ3) is 8.93. The monoisotopic (exact) mass is 254 g/mol. The van der Waals surface area contributed by atoms with Gasteiger partial charge in [-0.2, -0.15) is 0 Å². The molecular formula is C16H34N2. The van der Waals surface area contributed by atoms with Crippen molar-refractivity contribution >= 4 is 0 Å². The summed E-state index contributed by atoms with van der Waals surface area (Å²) in [5.74, 6) is 0. The molecule has 0 saturated carbocycles. The molecule has 1 heterocycles. The second kappa shape index (κ2) is 8.92. The fourth-order valence-electron chi connectivity index (χ4n) is 2.64. The molecule has 0 spiro atoms. The maximum Gasteiger partial charge on any atom is -0.000664 e. The number of unbranched alkanes of at least 4 members (excludes halogenated alkanes) is 1. The Morgan fingerprint density at radius 1 is 0.889 bits per heavy atom. The maximum atomic E-state index is 3.58. The predicted octanol–water partition coefficient (Wildman–Crippen LogP) is 3.67. The highest BCUT2D eigenvalue weighted by molar-refractivity contribution is 4.65. The number of hydrogen-bond donors (Lipinski definition) is 1. The number of likely N-dealkylation sites (tertiary alicyclic amines) is 1. The Labute approximate surface area is 115 Å². The molecule has 18 heavy (non-hydrogen) atoms. The Bertz CT molecular complexity index is 190. The van der Waals surface area contributed by atoms with E-state index in [1.54, 1.807) is 0 Å². The predicted molar refractivity (Wildman–Crippen MR) is 81.1 cm³/mol. The lowest BCUT2D eigenvalue weighted by Gasteiger charge is -2.26. The van der Waals surface area contributed by atoms with Crippen molar-refractivity contribution in [2.24, 2.45) is 5.41 Å². The Morgan fingerprint density at radius 2 is 1.56 bits per heavy atom. The van der Waals surface area contributed by atoms with Crippen LogP contribution in [-0.4, -0.2) is 37.6 Å². The zero-order valence-electron chi connectivity index (χ0n) is 12.9. The van der Waals surface area contributed by atoms with E-state index in [-0.39, 0.29) is 0 Å². The number of nitrogens with zero attached hydrogens (tertiary/aromatic N) is 1. The minimum atomic E-state index is 0.508. The van der Waals surface area contributed by atoms with E-state index in [9.17, 15) is 0 Å². The third-order valence-electron chi connectivity index (χ3n) is 3.81. The van der Waals surface area contributed by atoms with Crippen LogP contribution in [0.4, 0.5) is 0 Å². The first-order chi connectivity index (χ1) is 8.58. The van der Waals surface area contributed by atoms with Gasteiger partial charge in [-0.15, -0.1) is 0 Å². The average molecular weight is 254 g/mol. The minimum absolute atomic E-state index is 0.508. The molecule has 0 unspecified atom stereocenters. The van der Waals surface area contributed by atoms with Crippen molar-refractivity contribution in [3.63, 3.8) is 0 Å². The molecule has 1 rings (SSSR count). The first-order valence-corrected chi connectivity index (χ1v) is 8.01. The molecule has 0 amide bonds. The highest BCUT2D eigenvalue weighted by Gasteiger charge is 2.09. The van der Waals surface area contributed by atoms with Crippen molar-refractivity contribution < 1.29 is 0 Å². The summed E-state index contributed by atoms with van der Waals surface area (Å²) < 4.78 is 0. The Hall–Kier alpha value is -0.0800. The molecule has 0 bridgehead atoms. The van der Waals surface area contributed by atoms with Crippen LogP contribution >= 0.6 is 0 Å². The maximum absolute atomic E-state index is 3.58. The topological polar surface area (TPSA) is 15.3 Å². The summed E-state index contributed by atoms with van der Waals surface area (Å²) in [4.78, 5) is 2.63. The molecule has 1 fully saturated rings. The molecule has 0 aromatic rings. The molecule has 1 aliphatic rings. The lowest BCUT2D eigenvalue weighted by Crippen LogP contribution is -2.32. The van der Waals surface area contributed by atoms with Gasteiger partial charge in [0.25, 0.3) is 0 Å². The molecular weight excluding hydrogens is 220 g/mol. The fraction of sp³-hybridized carbons (Fsp3) is 1.00. The van der Waals surface area contributed by atoms with Crippen LogP contribution in [-0.2, 0) is 0 Å². The first-order valence-electron chi connectivity index (χ1n) is 8.01. The van der Waals surface area contributed by atoms with Gasteiger partial charge in [-0.3, -0.25) is 0 Å². The van der Waals surface area contributed by atoms with Crippen molar-refractivity contribution in [3.05, 3.63) is 0 Å². The molecule has 2 nitrogen and oxygen atoms in total. The second-order valence-electron chi connectivity index (χ2n) is 7.02. The van der Waals surface area contributed by atoms with Gasteiger partial charge in [0.1, 0.15) is 0 Å². The molecule has 1 N–H and O–H groups in total. The van der Waals surface area contributed by atoms with E-state index in [1.807, 2.05) is 0 Å². The normalized spacial score (nSPS) is 18.2. The van der Waals surface area contributed by atoms with Crippen LogP contribution in [0.1, 0.15) is 65.7 Å². The van der Waals surface area contributed by atoms with Crippen LogP contribution in [0, 0.1) is 5.41 Å². The Morgan fingerprint density at radius 3 is 2.22 bits per heavy atom. The van der Waals surface area contributed by atoms with Crippen molar-refractivity contribution in [1.29, 1.82) is 0 Å². The molecule has 0 aromatic heterocycles. The summed E-state index contributed by atoms with van der Waals surface area (Å²) in [5.41, 5.74) is 0.508. The quantitative estimate of drug-likeness (QED) is 0.665. The average Bonchev–Trinajstić information content (AvgIpc) is 2.32. The van der Waals surface area contributed by atoms with E-state index in [4.69, 9.17) is 0 Å². The Balaban J connectivity index is 1.81. The smallest absolute Gasteiger partial charge is 0.000664 e. The molecule has 2 heteroatoms. The molecule has 1 aliphatic heterocycles. The van der Waals surface area contributed by atoms with E-state index < -0.39 is 0 Å². The standard InChI is InChI=1S/C16H34N2/c1-16(2,3)10-5-6-11-17-12-9-15-18-13-7-4-8-14-18/h17H,4-15H2,1-3H3. The van der Waals surface area contributed by atoms with E-state index >= 15 is 0 Å². The van der Waals surface area contributed by atoms with Crippen LogP contribution in [0.25, 0.3) is 0 Å². The number of nitrogens with one attached hydrogen (secondary N) is 1. The molecule has 0 aliphatic carbocycles. The van der Waals surface area contributed by atoms with Crippen LogP contribution in [0.15, 0.2) is 0 Å². The number of piperidine rings is 1. The van der Waals surface area contributed by atoms with Crippen molar-refractivity contribution in [3.8, 4) is 0 Å². The zero-order chi connectivity index (χ0) is 13.3. The third-order valence-corrected chi connectivity index (χ3v) is 3.81. The van der Waals surface area contributed by atoms with Gasteiger partial charge in [0.2, 0.25) is 0 Å². The largest absolute Gasteiger partial charge is 0.317 e. The molecule has 0 atom stereocenters. The number of hydrogen-bond acceptors (Lipinski definition) is 2. The van der Waals surface area contributed by atoms with Gasteiger partial charge in [-0.1, -0.05) is 33.6 Å². The number of rotatable bonds is 8. The van der Waals surface area contributed by atoms with Gasteiger partial charge in [0.15, 0.2) is 0 Å². The summed E-state index contributed by atoms with van der Waals surface area (Å²) >= 11 is 0. The minimum Gasteiger partial charge on any atom is -0.317 e. The van der Waals surface area contributed by atoms with Gasteiger partial charge in [-0.25, -0.2) is 0 Å². The lowest BCUT2D eigenvalue weighted by atomic mass is 9.90. The van der Waals surface area contributed by atoms with Crippen molar-refractivity contribution in [2.75, 3.05) is 32.7 Å². The summed E-state index contributed by atoms with van der Waals surface area (Å²) in [6, 6.07) is 0. The van der Waals surface area contributed by atoms with Crippen LogP contribution < -0.4 is 5.32 Å². The summed E-state index contributed by atoms with van der Waals surface area (Å²) in [5, 5.41) is 3.58. The second-order valence-corrected chi connectivity index (χ2v) is 7.02.